The highest BCUT2D eigenvalue weighted by atomic mass is 35.5. The van der Waals surface area contributed by atoms with Gasteiger partial charge in [-0.25, -0.2) is 0 Å². The molecular weight excluding hydrogens is 186 g/mol. The number of benzene rings is 1. The second kappa shape index (κ2) is 3.66. The molecule has 70 valence electrons. The fourth-order valence-electron chi connectivity index (χ4n) is 1.69. The lowest BCUT2D eigenvalue weighted by atomic mass is 10.0. The molecule has 13 heavy (non-hydrogen) atoms. The summed E-state index contributed by atoms with van der Waals surface area (Å²) in [5, 5.41) is 3.95. The molecule has 2 nitrogen and oxygen atoms in total. The average molecular weight is 198 g/mol. The van der Waals surface area contributed by atoms with E-state index in [2.05, 4.69) is 11.4 Å². The minimum absolute atomic E-state index is 0.00227. The van der Waals surface area contributed by atoms with Crippen LogP contribution >= 0.6 is 11.6 Å². The maximum atomic E-state index is 6.08. The van der Waals surface area contributed by atoms with E-state index < -0.39 is 0 Å². The zero-order valence-corrected chi connectivity index (χ0v) is 8.27. The number of halogens is 1. The van der Waals surface area contributed by atoms with Gasteiger partial charge >= 0.3 is 0 Å². The Morgan fingerprint density at radius 1 is 1.54 bits per heavy atom. The lowest BCUT2D eigenvalue weighted by Crippen LogP contribution is -2.26. The highest BCUT2D eigenvalue weighted by Gasteiger charge is 2.20. The molecule has 1 atom stereocenters. The van der Waals surface area contributed by atoms with Crippen LogP contribution < -0.4 is 5.32 Å². The van der Waals surface area contributed by atoms with Gasteiger partial charge in [0.15, 0.2) is 0 Å². The average Bonchev–Trinajstić information content (AvgIpc) is 2.18. The fraction of sp³-hybridized carbons (Fsp3) is 0.400. The molecule has 0 fully saturated rings. The normalized spacial score (nSPS) is 21.2. The first-order valence-corrected chi connectivity index (χ1v) is 4.77. The Morgan fingerprint density at radius 3 is 3.15 bits per heavy atom. The van der Waals surface area contributed by atoms with Crippen molar-refractivity contribution in [2.24, 2.45) is 0 Å². The van der Waals surface area contributed by atoms with Crippen molar-refractivity contribution in [1.82, 2.24) is 5.32 Å². The molecule has 0 spiro atoms. The van der Waals surface area contributed by atoms with E-state index in [9.17, 15) is 0 Å². The van der Waals surface area contributed by atoms with Crippen LogP contribution in [-0.2, 0) is 11.2 Å². The Kier molecular flexibility index (Phi) is 2.54. The number of nitrogens with one attached hydrogen (secondary N) is 1. The standard InChI is InChI=1S/C10H12ClNO/c1-12-10-8-3-2-4-9(11)7(8)5-6-13-10/h2-4,10,12H,5-6H2,1H3/t10-/m0/s1. The highest BCUT2D eigenvalue weighted by Crippen LogP contribution is 2.29. The predicted molar refractivity (Wildman–Crippen MR) is 52.9 cm³/mol. The third-order valence-electron chi connectivity index (χ3n) is 2.34. The monoisotopic (exact) mass is 197 g/mol. The van der Waals surface area contributed by atoms with Crippen LogP contribution in [0.25, 0.3) is 0 Å². The summed E-state index contributed by atoms with van der Waals surface area (Å²) in [6, 6.07) is 5.94. The lowest BCUT2D eigenvalue weighted by molar-refractivity contribution is 0.0240. The van der Waals surface area contributed by atoms with Gasteiger partial charge in [-0.3, -0.25) is 5.32 Å². The molecule has 0 unspecified atom stereocenters. The molecule has 3 heteroatoms. The minimum Gasteiger partial charge on any atom is -0.359 e. The Hall–Kier alpha value is -0.570. The second-order valence-corrected chi connectivity index (χ2v) is 3.50. The summed E-state index contributed by atoms with van der Waals surface area (Å²) in [4.78, 5) is 0. The van der Waals surface area contributed by atoms with Gasteiger partial charge in [0.1, 0.15) is 6.23 Å². The van der Waals surface area contributed by atoms with Crippen molar-refractivity contribution >= 4 is 11.6 Å². The molecular formula is C10H12ClNO. The van der Waals surface area contributed by atoms with Crippen LogP contribution in [0.3, 0.4) is 0 Å². The maximum absolute atomic E-state index is 6.08. The highest BCUT2D eigenvalue weighted by molar-refractivity contribution is 6.31. The smallest absolute Gasteiger partial charge is 0.134 e. The predicted octanol–water partition coefficient (Wildman–Crippen LogP) is 2.13. The molecule has 0 amide bonds. The van der Waals surface area contributed by atoms with Crippen LogP contribution in [-0.4, -0.2) is 13.7 Å². The molecule has 0 saturated heterocycles. The van der Waals surface area contributed by atoms with Crippen LogP contribution in [0.15, 0.2) is 18.2 Å². The van der Waals surface area contributed by atoms with E-state index in [4.69, 9.17) is 16.3 Å². The molecule has 0 aliphatic carbocycles. The summed E-state index contributed by atoms with van der Waals surface area (Å²) in [5.74, 6) is 0. The van der Waals surface area contributed by atoms with Gasteiger partial charge in [-0.2, -0.15) is 0 Å². The topological polar surface area (TPSA) is 21.3 Å². The molecule has 2 rings (SSSR count). The molecule has 1 heterocycles. The molecule has 0 aromatic heterocycles. The summed E-state index contributed by atoms with van der Waals surface area (Å²) < 4.78 is 5.54. The van der Waals surface area contributed by atoms with E-state index in [-0.39, 0.29) is 6.23 Å². The first-order valence-electron chi connectivity index (χ1n) is 4.39. The lowest BCUT2D eigenvalue weighted by Gasteiger charge is -2.26. The van der Waals surface area contributed by atoms with Gasteiger partial charge in [-0.1, -0.05) is 23.7 Å². The third kappa shape index (κ3) is 1.57. The van der Waals surface area contributed by atoms with E-state index in [1.165, 1.54) is 11.1 Å². The van der Waals surface area contributed by atoms with Gasteiger partial charge in [-0.05, 0) is 25.1 Å². The number of hydrogen-bond acceptors (Lipinski definition) is 2. The van der Waals surface area contributed by atoms with Gasteiger partial charge in [0, 0.05) is 10.6 Å². The van der Waals surface area contributed by atoms with Gasteiger partial charge in [0.25, 0.3) is 0 Å². The number of fused-ring (bicyclic) bond motifs is 1. The summed E-state index contributed by atoms with van der Waals surface area (Å²) in [6.45, 7) is 0.738. The van der Waals surface area contributed by atoms with E-state index in [1.54, 1.807) is 0 Å². The van der Waals surface area contributed by atoms with Gasteiger partial charge < -0.3 is 4.74 Å². The first kappa shape index (κ1) is 9.00. The van der Waals surface area contributed by atoms with Crippen molar-refractivity contribution in [2.45, 2.75) is 12.6 Å². The van der Waals surface area contributed by atoms with Crippen molar-refractivity contribution in [3.05, 3.63) is 34.3 Å². The van der Waals surface area contributed by atoms with Gasteiger partial charge in [0.2, 0.25) is 0 Å². The summed E-state index contributed by atoms with van der Waals surface area (Å²) in [5.41, 5.74) is 2.39. The second-order valence-electron chi connectivity index (χ2n) is 3.10. The van der Waals surface area contributed by atoms with E-state index >= 15 is 0 Å². The quantitative estimate of drug-likeness (QED) is 0.745. The number of rotatable bonds is 1. The fourth-order valence-corrected chi connectivity index (χ4v) is 1.97. The zero-order valence-electron chi connectivity index (χ0n) is 7.51. The van der Waals surface area contributed by atoms with Crippen LogP contribution in [0.1, 0.15) is 17.4 Å². The van der Waals surface area contributed by atoms with Crippen molar-refractivity contribution in [3.8, 4) is 0 Å². The molecule has 0 saturated carbocycles. The van der Waals surface area contributed by atoms with Crippen molar-refractivity contribution in [1.29, 1.82) is 0 Å². The SMILES string of the molecule is CN[C@H]1OCCc2c(Cl)cccc21. The van der Waals surface area contributed by atoms with Crippen LogP contribution in [0, 0.1) is 0 Å². The van der Waals surface area contributed by atoms with Crippen LogP contribution in [0.4, 0.5) is 0 Å². The summed E-state index contributed by atoms with van der Waals surface area (Å²) >= 11 is 6.08. The number of ether oxygens (including phenoxy) is 1. The molecule has 1 aliphatic rings. The van der Waals surface area contributed by atoms with Crippen LogP contribution in [0.5, 0.6) is 0 Å². The largest absolute Gasteiger partial charge is 0.359 e. The summed E-state index contributed by atoms with van der Waals surface area (Å²) in [6.07, 6.45) is 0.912. The van der Waals surface area contributed by atoms with E-state index in [0.717, 1.165) is 18.1 Å². The summed E-state index contributed by atoms with van der Waals surface area (Å²) in [7, 11) is 1.89. The van der Waals surface area contributed by atoms with Crippen molar-refractivity contribution in [3.63, 3.8) is 0 Å². The van der Waals surface area contributed by atoms with Crippen molar-refractivity contribution < 1.29 is 4.74 Å². The van der Waals surface area contributed by atoms with Gasteiger partial charge in [0.05, 0.1) is 6.61 Å². The molecule has 0 bridgehead atoms. The van der Waals surface area contributed by atoms with Crippen molar-refractivity contribution in [2.75, 3.05) is 13.7 Å². The maximum Gasteiger partial charge on any atom is 0.134 e. The Labute approximate surface area is 82.9 Å². The van der Waals surface area contributed by atoms with Gasteiger partial charge in [-0.15, -0.1) is 0 Å². The molecule has 0 radical (unpaired) electrons. The third-order valence-corrected chi connectivity index (χ3v) is 2.69. The molecule has 1 aromatic rings. The van der Waals surface area contributed by atoms with E-state index in [0.29, 0.717) is 0 Å². The Bertz CT molecular complexity index is 314. The number of hydrogen-bond donors (Lipinski definition) is 1. The Morgan fingerprint density at radius 2 is 2.38 bits per heavy atom. The Balaban J connectivity index is 2.45. The molecule has 1 aliphatic heterocycles. The molecule has 1 N–H and O–H groups in total. The zero-order chi connectivity index (χ0) is 9.26. The minimum atomic E-state index is 0.00227. The first-order chi connectivity index (χ1) is 6.33. The van der Waals surface area contributed by atoms with E-state index in [1.807, 2.05) is 19.2 Å². The van der Waals surface area contributed by atoms with Crippen LogP contribution in [0.2, 0.25) is 5.02 Å². The molecule has 1 aromatic carbocycles.